The monoisotopic (exact) mass is 484 g/mol. The summed E-state index contributed by atoms with van der Waals surface area (Å²) in [7, 11) is 0. The van der Waals surface area contributed by atoms with E-state index < -0.39 is 6.10 Å². The number of amides is 2. The Kier molecular flexibility index (Phi) is 6.77. The fourth-order valence-electron chi connectivity index (χ4n) is 4.96. The van der Waals surface area contributed by atoms with Gasteiger partial charge in [0.1, 0.15) is 18.0 Å². The van der Waals surface area contributed by atoms with Crippen LogP contribution in [-0.4, -0.2) is 41.8 Å². The van der Waals surface area contributed by atoms with Crippen molar-refractivity contribution >= 4 is 29.1 Å². The van der Waals surface area contributed by atoms with Crippen LogP contribution in [0.3, 0.4) is 0 Å². The number of fused-ring (bicyclic) bond motifs is 3. The van der Waals surface area contributed by atoms with Gasteiger partial charge < -0.3 is 25.2 Å². The first-order valence-electron chi connectivity index (χ1n) is 11.9. The molecule has 1 saturated carbocycles. The Bertz CT molecular complexity index is 1060. The van der Waals surface area contributed by atoms with Gasteiger partial charge in [-0.25, -0.2) is 0 Å². The van der Waals surface area contributed by atoms with E-state index in [0.29, 0.717) is 18.0 Å². The van der Waals surface area contributed by atoms with Crippen molar-refractivity contribution in [2.45, 2.75) is 62.9 Å². The second-order valence-corrected chi connectivity index (χ2v) is 9.82. The predicted octanol–water partition coefficient (Wildman–Crippen LogP) is 3.78. The van der Waals surface area contributed by atoms with E-state index in [4.69, 9.17) is 21.1 Å². The summed E-state index contributed by atoms with van der Waals surface area (Å²) >= 11 is 5.91. The summed E-state index contributed by atoms with van der Waals surface area (Å²) in [6, 6.07) is 13.0. The summed E-state index contributed by atoms with van der Waals surface area (Å²) in [6.07, 6.45) is 2.62. The van der Waals surface area contributed by atoms with Crippen molar-refractivity contribution in [1.29, 1.82) is 0 Å². The van der Waals surface area contributed by atoms with Crippen molar-refractivity contribution < 1.29 is 24.2 Å². The van der Waals surface area contributed by atoms with E-state index in [2.05, 4.69) is 10.6 Å². The van der Waals surface area contributed by atoms with E-state index in [1.165, 1.54) is 0 Å². The molecule has 7 nitrogen and oxygen atoms in total. The lowest BCUT2D eigenvalue weighted by molar-refractivity contribution is -0.142. The highest BCUT2D eigenvalue weighted by atomic mass is 35.5. The molecule has 8 heteroatoms. The van der Waals surface area contributed by atoms with E-state index in [9.17, 15) is 14.7 Å². The topological polar surface area (TPSA) is 96.9 Å². The third-order valence-electron chi connectivity index (χ3n) is 7.06. The lowest BCUT2D eigenvalue weighted by atomic mass is 9.83. The number of carbonyl (C=O) groups is 2. The first-order chi connectivity index (χ1) is 16.5. The number of hydrogen-bond donors (Lipinski definition) is 3. The van der Waals surface area contributed by atoms with Gasteiger partial charge in [0.2, 0.25) is 11.8 Å². The van der Waals surface area contributed by atoms with E-state index in [1.807, 2.05) is 30.3 Å². The minimum atomic E-state index is -0.520. The molecule has 2 amide bonds. The average molecular weight is 485 g/mol. The molecule has 34 heavy (non-hydrogen) atoms. The minimum Gasteiger partial charge on any atom is -0.487 e. The van der Waals surface area contributed by atoms with Crippen molar-refractivity contribution in [3.05, 3.63) is 58.6 Å². The Hall–Kier alpha value is -2.61. The zero-order chi connectivity index (χ0) is 23.7. The molecule has 0 radical (unpaired) electrons. The van der Waals surface area contributed by atoms with Crippen LogP contribution in [0.1, 0.15) is 49.1 Å². The number of aliphatic hydroxyl groups excluding tert-OH is 1. The third-order valence-corrected chi connectivity index (χ3v) is 7.31. The maximum atomic E-state index is 12.6. The fourth-order valence-corrected chi connectivity index (χ4v) is 5.09. The number of halogens is 1. The number of ether oxygens (including phenoxy) is 2. The second-order valence-electron chi connectivity index (χ2n) is 9.38. The highest BCUT2D eigenvalue weighted by molar-refractivity contribution is 6.30. The maximum absolute atomic E-state index is 12.6. The molecule has 3 N–H and O–H groups in total. The zero-order valence-electron chi connectivity index (χ0n) is 18.8. The smallest absolute Gasteiger partial charge is 0.227 e. The van der Waals surface area contributed by atoms with Crippen LogP contribution in [0.25, 0.3) is 0 Å². The molecular weight excluding hydrogens is 456 g/mol. The van der Waals surface area contributed by atoms with Gasteiger partial charge in [-0.2, -0.15) is 0 Å². The molecule has 0 aromatic heterocycles. The Balaban J connectivity index is 1.23. The SMILES string of the molecule is O=C(C[C@@H]1C[C@@H]2c3cc(NC(=O)C4CCC4)ccc3O[C@@H]2[C@H](CO)O1)NCc1ccc(Cl)cc1. The standard InChI is InChI=1S/C26H29ClN2O5/c27-17-6-4-15(5-7-17)13-28-24(31)12-19-11-21-20-10-18(29-26(32)16-2-1-3-16)8-9-22(20)34-25(21)23(14-30)33-19/h4-10,16,19,21,23,25,30H,1-3,11-14H2,(H,28,31)(H,29,32)/t19-,21+,23-,25-/m0/s1. The van der Waals surface area contributed by atoms with Gasteiger partial charge in [-0.05, 0) is 55.2 Å². The molecular formula is C26H29ClN2O5. The summed E-state index contributed by atoms with van der Waals surface area (Å²) in [5.74, 6) is 0.782. The van der Waals surface area contributed by atoms with Crippen molar-refractivity contribution in [2.24, 2.45) is 5.92 Å². The van der Waals surface area contributed by atoms with Gasteiger partial charge in [-0.1, -0.05) is 30.2 Å². The fraction of sp³-hybridized carbons (Fsp3) is 0.462. The first kappa shape index (κ1) is 23.1. The Morgan fingerprint density at radius 3 is 2.62 bits per heavy atom. The van der Waals surface area contributed by atoms with Crippen molar-refractivity contribution in [3.8, 4) is 5.75 Å². The molecule has 0 unspecified atom stereocenters. The van der Waals surface area contributed by atoms with E-state index >= 15 is 0 Å². The van der Waals surface area contributed by atoms with Gasteiger partial charge in [0, 0.05) is 34.7 Å². The highest BCUT2D eigenvalue weighted by Crippen LogP contribution is 2.47. The van der Waals surface area contributed by atoms with Gasteiger partial charge in [0.25, 0.3) is 0 Å². The van der Waals surface area contributed by atoms with E-state index in [0.717, 1.165) is 41.8 Å². The second kappa shape index (κ2) is 9.94. The van der Waals surface area contributed by atoms with E-state index in [-0.39, 0.29) is 48.9 Å². The minimum absolute atomic E-state index is 0.0180. The van der Waals surface area contributed by atoms with Crippen LogP contribution in [0, 0.1) is 5.92 Å². The molecule has 2 aromatic rings. The number of nitrogens with one attached hydrogen (secondary N) is 2. The molecule has 2 fully saturated rings. The summed E-state index contributed by atoms with van der Waals surface area (Å²) in [6.45, 7) is 0.220. The quantitative estimate of drug-likeness (QED) is 0.555. The molecule has 4 atom stereocenters. The Morgan fingerprint density at radius 1 is 1.12 bits per heavy atom. The number of rotatable bonds is 7. The largest absolute Gasteiger partial charge is 0.487 e. The summed E-state index contributed by atoms with van der Waals surface area (Å²) < 4.78 is 12.2. The van der Waals surface area contributed by atoms with Crippen LogP contribution in [0.2, 0.25) is 5.02 Å². The number of anilines is 1. The lowest BCUT2D eigenvalue weighted by Crippen LogP contribution is -2.47. The predicted molar refractivity (Wildman–Crippen MR) is 128 cm³/mol. The molecule has 2 aliphatic heterocycles. The molecule has 5 rings (SSSR count). The van der Waals surface area contributed by atoms with Crippen LogP contribution in [0.5, 0.6) is 5.75 Å². The van der Waals surface area contributed by atoms with Gasteiger partial charge in [-0.15, -0.1) is 0 Å². The van der Waals surface area contributed by atoms with Crippen LogP contribution in [-0.2, 0) is 20.9 Å². The Morgan fingerprint density at radius 2 is 1.91 bits per heavy atom. The molecule has 1 saturated heterocycles. The number of benzene rings is 2. The van der Waals surface area contributed by atoms with Crippen molar-refractivity contribution in [3.63, 3.8) is 0 Å². The van der Waals surface area contributed by atoms with Crippen molar-refractivity contribution in [1.82, 2.24) is 5.32 Å². The van der Waals surface area contributed by atoms with Crippen LogP contribution >= 0.6 is 11.6 Å². The number of carbonyl (C=O) groups excluding carboxylic acids is 2. The molecule has 2 heterocycles. The molecule has 3 aliphatic rings. The van der Waals surface area contributed by atoms with Crippen molar-refractivity contribution in [2.75, 3.05) is 11.9 Å². The summed E-state index contributed by atoms with van der Waals surface area (Å²) in [5.41, 5.74) is 2.71. The van der Waals surface area contributed by atoms with Gasteiger partial charge in [-0.3, -0.25) is 9.59 Å². The molecule has 0 spiro atoms. The van der Waals surface area contributed by atoms with Crippen LogP contribution in [0.15, 0.2) is 42.5 Å². The first-order valence-corrected chi connectivity index (χ1v) is 12.3. The van der Waals surface area contributed by atoms with Crippen LogP contribution < -0.4 is 15.4 Å². The average Bonchev–Trinajstić information content (AvgIpc) is 3.15. The molecule has 1 aliphatic carbocycles. The van der Waals surface area contributed by atoms with Gasteiger partial charge in [0.05, 0.1) is 19.1 Å². The Labute approximate surface area is 203 Å². The van der Waals surface area contributed by atoms with Gasteiger partial charge in [0.15, 0.2) is 0 Å². The highest BCUT2D eigenvalue weighted by Gasteiger charge is 2.46. The maximum Gasteiger partial charge on any atom is 0.227 e. The normalized spacial score (nSPS) is 25.5. The third kappa shape index (κ3) is 4.92. The van der Waals surface area contributed by atoms with Crippen LogP contribution in [0.4, 0.5) is 5.69 Å². The molecule has 180 valence electrons. The molecule has 0 bridgehead atoms. The number of aliphatic hydroxyl groups is 1. The van der Waals surface area contributed by atoms with E-state index in [1.54, 1.807) is 12.1 Å². The van der Waals surface area contributed by atoms with Gasteiger partial charge >= 0.3 is 0 Å². The lowest BCUT2D eigenvalue weighted by Gasteiger charge is -2.37. The molecule has 2 aromatic carbocycles. The number of hydrogen-bond acceptors (Lipinski definition) is 5. The summed E-state index contributed by atoms with van der Waals surface area (Å²) in [5, 5.41) is 16.5. The summed E-state index contributed by atoms with van der Waals surface area (Å²) in [4.78, 5) is 25.0. The zero-order valence-corrected chi connectivity index (χ0v) is 19.6.